The van der Waals surface area contributed by atoms with E-state index in [4.69, 9.17) is 4.74 Å². The van der Waals surface area contributed by atoms with Crippen molar-refractivity contribution in [1.82, 2.24) is 20.5 Å². The van der Waals surface area contributed by atoms with Gasteiger partial charge in [-0.05, 0) is 48.5 Å². The number of ether oxygens (including phenoxy) is 1. The molecule has 2 aromatic heterocycles. The molecule has 4 rings (SSSR count). The molecule has 0 atom stereocenters. The number of rotatable bonds is 9. The summed E-state index contributed by atoms with van der Waals surface area (Å²) in [5.41, 5.74) is 1.31. The standard InChI is InChI=1S/C24H22N6O2/c31-24(20-10-4-5-11-21(20)32-19-8-2-1-3-9-19)27-16-15-26-22-12-13-23(30-29-22)28-18-7-6-14-25-17-18/h1-14,17H,15-16H2,(H,26,29)(H,27,31)(H,28,30). The molecule has 2 heterocycles. The minimum atomic E-state index is -0.208. The molecule has 0 bridgehead atoms. The molecule has 0 aliphatic carbocycles. The van der Waals surface area contributed by atoms with E-state index in [2.05, 4.69) is 31.1 Å². The fourth-order valence-corrected chi connectivity index (χ4v) is 2.90. The summed E-state index contributed by atoms with van der Waals surface area (Å²) in [5.74, 6) is 2.21. The molecular formula is C24H22N6O2. The summed E-state index contributed by atoms with van der Waals surface area (Å²) in [5, 5.41) is 17.4. The molecule has 0 saturated heterocycles. The fraction of sp³-hybridized carbons (Fsp3) is 0.0833. The maximum absolute atomic E-state index is 12.6. The van der Waals surface area contributed by atoms with Crippen LogP contribution in [0.4, 0.5) is 17.3 Å². The Morgan fingerprint density at radius 1 is 0.812 bits per heavy atom. The lowest BCUT2D eigenvalue weighted by molar-refractivity contribution is 0.0953. The number of hydrogen-bond acceptors (Lipinski definition) is 7. The predicted octanol–water partition coefficient (Wildman–Crippen LogP) is 4.25. The zero-order valence-electron chi connectivity index (χ0n) is 17.2. The first-order chi connectivity index (χ1) is 15.8. The van der Waals surface area contributed by atoms with Gasteiger partial charge in [-0.1, -0.05) is 30.3 Å². The topological polar surface area (TPSA) is 101 Å². The van der Waals surface area contributed by atoms with Crippen LogP contribution in [-0.2, 0) is 0 Å². The van der Waals surface area contributed by atoms with Gasteiger partial charge in [0.1, 0.15) is 17.3 Å². The van der Waals surface area contributed by atoms with Crippen LogP contribution >= 0.6 is 0 Å². The van der Waals surface area contributed by atoms with Crippen molar-refractivity contribution in [3.05, 3.63) is 96.8 Å². The Labute approximate surface area is 185 Å². The van der Waals surface area contributed by atoms with Crippen molar-refractivity contribution in [2.45, 2.75) is 0 Å². The van der Waals surface area contributed by atoms with Gasteiger partial charge < -0.3 is 20.7 Å². The number of amides is 1. The largest absolute Gasteiger partial charge is 0.457 e. The zero-order chi connectivity index (χ0) is 22.0. The first-order valence-corrected chi connectivity index (χ1v) is 10.1. The Hall–Kier alpha value is -4.46. The number of carbonyl (C=O) groups is 1. The van der Waals surface area contributed by atoms with Gasteiger partial charge in [-0.3, -0.25) is 9.78 Å². The van der Waals surface area contributed by atoms with Crippen molar-refractivity contribution >= 4 is 23.2 Å². The van der Waals surface area contributed by atoms with Crippen molar-refractivity contribution < 1.29 is 9.53 Å². The van der Waals surface area contributed by atoms with Gasteiger partial charge in [-0.2, -0.15) is 0 Å². The molecule has 0 spiro atoms. The van der Waals surface area contributed by atoms with Crippen LogP contribution in [0.1, 0.15) is 10.4 Å². The average molecular weight is 426 g/mol. The minimum absolute atomic E-state index is 0.208. The summed E-state index contributed by atoms with van der Waals surface area (Å²) < 4.78 is 5.86. The Morgan fingerprint density at radius 2 is 1.59 bits per heavy atom. The first-order valence-electron chi connectivity index (χ1n) is 10.1. The number of para-hydroxylation sites is 2. The second kappa shape index (κ2) is 10.5. The van der Waals surface area contributed by atoms with E-state index in [0.29, 0.717) is 41.8 Å². The molecule has 0 saturated carbocycles. The van der Waals surface area contributed by atoms with Crippen LogP contribution < -0.4 is 20.7 Å². The molecule has 0 unspecified atom stereocenters. The third kappa shape index (κ3) is 5.79. The smallest absolute Gasteiger partial charge is 0.255 e. The number of carbonyl (C=O) groups excluding carboxylic acids is 1. The lowest BCUT2D eigenvalue weighted by Crippen LogP contribution is -2.29. The van der Waals surface area contributed by atoms with Crippen molar-refractivity contribution in [2.24, 2.45) is 0 Å². The van der Waals surface area contributed by atoms with Gasteiger partial charge in [0.2, 0.25) is 0 Å². The van der Waals surface area contributed by atoms with E-state index in [9.17, 15) is 4.79 Å². The Morgan fingerprint density at radius 3 is 2.38 bits per heavy atom. The van der Waals surface area contributed by atoms with Gasteiger partial charge in [0.15, 0.2) is 5.82 Å². The van der Waals surface area contributed by atoms with Gasteiger partial charge >= 0.3 is 0 Å². The monoisotopic (exact) mass is 426 g/mol. The van der Waals surface area contributed by atoms with Gasteiger partial charge in [-0.15, -0.1) is 10.2 Å². The average Bonchev–Trinajstić information content (AvgIpc) is 2.84. The highest BCUT2D eigenvalue weighted by atomic mass is 16.5. The highest BCUT2D eigenvalue weighted by Gasteiger charge is 2.12. The summed E-state index contributed by atoms with van der Waals surface area (Å²) in [6.07, 6.45) is 3.41. The predicted molar refractivity (Wildman–Crippen MR) is 123 cm³/mol. The minimum Gasteiger partial charge on any atom is -0.457 e. The van der Waals surface area contributed by atoms with Crippen LogP contribution in [-0.4, -0.2) is 34.2 Å². The SMILES string of the molecule is O=C(NCCNc1ccc(Nc2cccnc2)nn1)c1ccccc1Oc1ccccc1. The van der Waals surface area contributed by atoms with E-state index >= 15 is 0 Å². The second-order valence-electron chi connectivity index (χ2n) is 6.76. The normalized spacial score (nSPS) is 10.2. The third-order valence-electron chi connectivity index (χ3n) is 4.42. The number of nitrogens with zero attached hydrogens (tertiary/aromatic N) is 3. The Balaban J connectivity index is 1.26. The maximum Gasteiger partial charge on any atom is 0.255 e. The molecule has 0 fully saturated rings. The number of pyridine rings is 1. The molecule has 32 heavy (non-hydrogen) atoms. The first kappa shape index (κ1) is 20.8. The van der Waals surface area contributed by atoms with E-state index in [1.165, 1.54) is 0 Å². The third-order valence-corrected chi connectivity index (χ3v) is 4.42. The van der Waals surface area contributed by atoms with Crippen molar-refractivity contribution in [3.8, 4) is 11.5 Å². The quantitative estimate of drug-likeness (QED) is 0.344. The van der Waals surface area contributed by atoms with Crippen molar-refractivity contribution in [1.29, 1.82) is 0 Å². The maximum atomic E-state index is 12.6. The molecule has 0 aliphatic rings. The number of nitrogens with one attached hydrogen (secondary N) is 3. The van der Waals surface area contributed by atoms with Crippen LogP contribution in [0.5, 0.6) is 11.5 Å². The molecule has 1 amide bonds. The van der Waals surface area contributed by atoms with Crippen LogP contribution in [0.25, 0.3) is 0 Å². The lowest BCUT2D eigenvalue weighted by atomic mass is 10.2. The molecule has 160 valence electrons. The Bertz CT molecular complexity index is 1140. The number of benzene rings is 2. The molecule has 8 nitrogen and oxygen atoms in total. The zero-order valence-corrected chi connectivity index (χ0v) is 17.2. The number of hydrogen-bond donors (Lipinski definition) is 3. The van der Waals surface area contributed by atoms with Crippen LogP contribution in [0.3, 0.4) is 0 Å². The van der Waals surface area contributed by atoms with Gasteiger partial charge in [0.05, 0.1) is 17.4 Å². The van der Waals surface area contributed by atoms with Gasteiger partial charge in [0.25, 0.3) is 5.91 Å². The number of anilines is 3. The van der Waals surface area contributed by atoms with Crippen molar-refractivity contribution in [3.63, 3.8) is 0 Å². The molecule has 4 aromatic rings. The van der Waals surface area contributed by atoms with E-state index in [1.807, 2.05) is 66.7 Å². The lowest BCUT2D eigenvalue weighted by Gasteiger charge is -2.12. The number of aromatic nitrogens is 3. The molecule has 8 heteroatoms. The van der Waals surface area contributed by atoms with E-state index in [0.717, 1.165) is 5.69 Å². The van der Waals surface area contributed by atoms with E-state index < -0.39 is 0 Å². The van der Waals surface area contributed by atoms with Crippen LogP contribution in [0.15, 0.2) is 91.3 Å². The second-order valence-corrected chi connectivity index (χ2v) is 6.76. The summed E-state index contributed by atoms with van der Waals surface area (Å²) in [4.78, 5) is 16.7. The fourth-order valence-electron chi connectivity index (χ4n) is 2.90. The molecule has 0 aliphatic heterocycles. The summed E-state index contributed by atoms with van der Waals surface area (Å²) in [6.45, 7) is 0.910. The van der Waals surface area contributed by atoms with Crippen LogP contribution in [0.2, 0.25) is 0 Å². The summed E-state index contributed by atoms with van der Waals surface area (Å²) >= 11 is 0. The highest BCUT2D eigenvalue weighted by Crippen LogP contribution is 2.24. The van der Waals surface area contributed by atoms with E-state index in [-0.39, 0.29) is 5.91 Å². The van der Waals surface area contributed by atoms with Crippen molar-refractivity contribution in [2.75, 3.05) is 23.7 Å². The Kier molecular flexibility index (Phi) is 6.85. The molecule has 0 radical (unpaired) electrons. The highest BCUT2D eigenvalue weighted by molar-refractivity contribution is 5.97. The summed E-state index contributed by atoms with van der Waals surface area (Å²) in [6, 6.07) is 23.9. The summed E-state index contributed by atoms with van der Waals surface area (Å²) in [7, 11) is 0. The van der Waals surface area contributed by atoms with Gasteiger partial charge in [-0.25, -0.2) is 0 Å². The van der Waals surface area contributed by atoms with E-state index in [1.54, 1.807) is 24.5 Å². The van der Waals surface area contributed by atoms with Gasteiger partial charge in [0, 0.05) is 19.3 Å². The molecular weight excluding hydrogens is 404 g/mol. The van der Waals surface area contributed by atoms with Crippen LogP contribution in [0, 0.1) is 0 Å². The molecule has 2 aromatic carbocycles. The molecule has 3 N–H and O–H groups in total.